The number of amides is 2. The first-order valence-electron chi connectivity index (χ1n) is 18.2. The molecule has 0 saturated heterocycles. The second kappa shape index (κ2) is 12.1. The molecule has 6 heterocycles. The molecule has 10 bridgehead atoms. The molecule has 2 amide bonds. The maximum Gasteiger partial charge on any atom is 0.250 e. The van der Waals surface area contributed by atoms with Crippen molar-refractivity contribution < 1.29 is 28.3 Å². The number of benzene rings is 3. The van der Waals surface area contributed by atoms with Crippen LogP contribution in [-0.4, -0.2) is 45.3 Å². The van der Waals surface area contributed by atoms with Crippen molar-refractivity contribution in [2.45, 2.75) is 70.4 Å². The minimum atomic E-state index is -1.31. The Labute approximate surface area is 330 Å². The summed E-state index contributed by atoms with van der Waals surface area (Å²) in [4.78, 5) is 37.3. The summed E-state index contributed by atoms with van der Waals surface area (Å²) in [6.07, 6.45) is -1.47. The average Bonchev–Trinajstić information content (AvgIpc) is 3.94. The van der Waals surface area contributed by atoms with Crippen LogP contribution >= 0.6 is 34.8 Å². The molecular weight excluding hydrogens is 765 g/mol. The molecule has 2 unspecified atom stereocenters. The molecule has 10 rings (SSSR count). The molecular formula is C41H34Cl3N5O6. The molecule has 2 aromatic heterocycles. The van der Waals surface area contributed by atoms with E-state index in [0.717, 1.165) is 44.6 Å². The average molecular weight is 799 g/mol. The molecule has 0 radical (unpaired) electrons. The van der Waals surface area contributed by atoms with Crippen LogP contribution in [0.5, 0.6) is 5.75 Å². The predicted molar refractivity (Wildman–Crippen MR) is 206 cm³/mol. The Balaban J connectivity index is 1.30. The predicted octanol–water partition coefficient (Wildman–Crippen LogP) is 7.52. The number of carbonyl (C=O) groups excluding carboxylic acids is 2. The number of aromatic nitrogens is 2. The molecule has 14 heteroatoms. The number of hydrogen-bond donors (Lipinski definition) is 4. The number of rotatable bonds is 4. The zero-order valence-electron chi connectivity index (χ0n) is 30.0. The fraction of sp³-hybridized carbons (Fsp3) is 0.317. The van der Waals surface area contributed by atoms with Crippen LogP contribution in [0.4, 0.5) is 5.69 Å². The molecule has 1 aliphatic carbocycles. The zero-order chi connectivity index (χ0) is 38.2. The van der Waals surface area contributed by atoms with Gasteiger partial charge in [-0.1, -0.05) is 92.8 Å². The molecule has 0 fully saturated rings. The molecule has 0 saturated carbocycles. The van der Waals surface area contributed by atoms with Gasteiger partial charge in [-0.05, 0) is 52.3 Å². The molecule has 280 valence electrons. The Morgan fingerprint density at radius 3 is 2.60 bits per heavy atom. The third kappa shape index (κ3) is 4.86. The summed E-state index contributed by atoms with van der Waals surface area (Å²) in [5.74, 6) is -0.202. The van der Waals surface area contributed by atoms with Gasteiger partial charge in [0.25, 0.3) is 5.89 Å². The lowest BCUT2D eigenvalue weighted by atomic mass is 9.72. The number of nitrogens with one attached hydrogen (secondary N) is 3. The van der Waals surface area contributed by atoms with Gasteiger partial charge < -0.3 is 34.6 Å². The van der Waals surface area contributed by atoms with Crippen LogP contribution in [0.25, 0.3) is 28.3 Å². The largest absolute Gasteiger partial charge is 0.469 e. The van der Waals surface area contributed by atoms with E-state index in [4.69, 9.17) is 58.3 Å². The van der Waals surface area contributed by atoms with Crippen LogP contribution < -0.4 is 20.7 Å². The molecule has 55 heavy (non-hydrogen) atoms. The molecule has 1 spiro atoms. The van der Waals surface area contributed by atoms with Gasteiger partial charge >= 0.3 is 0 Å². The Hall–Kier alpha value is -4.81. The lowest BCUT2D eigenvalue weighted by molar-refractivity contribution is -0.135. The molecule has 5 aliphatic rings. The second-order valence-electron chi connectivity index (χ2n) is 15.5. The number of anilines is 1. The van der Waals surface area contributed by atoms with E-state index in [-0.39, 0.29) is 40.9 Å². The van der Waals surface area contributed by atoms with Gasteiger partial charge in [-0.3, -0.25) is 9.59 Å². The fourth-order valence-corrected chi connectivity index (χ4v) is 9.53. The first-order chi connectivity index (χ1) is 26.3. The molecule has 3 aromatic carbocycles. The molecule has 5 aromatic rings. The number of hydrogen-bond acceptors (Lipinski definition) is 9. The van der Waals surface area contributed by atoms with Gasteiger partial charge in [0.05, 0.1) is 0 Å². The first kappa shape index (κ1) is 34.7. The maximum atomic E-state index is 14.2. The Morgan fingerprint density at radius 1 is 1.00 bits per heavy atom. The van der Waals surface area contributed by atoms with Crippen LogP contribution in [-0.2, 0) is 27.8 Å². The maximum absolute atomic E-state index is 14.2. The summed E-state index contributed by atoms with van der Waals surface area (Å²) in [5.41, 5.74) is 6.24. The quantitative estimate of drug-likeness (QED) is 0.145. The van der Waals surface area contributed by atoms with Gasteiger partial charge in [0.1, 0.15) is 29.4 Å². The number of oxazole rings is 2. The SMILES string of the molecule is CC(C)[C@H](O)C(=O)NC1Cc2ccc3c(c2)C24c5cc(Cl)cc(c5N[C@H]2O3)-c2cccc3c2C(=C(Cl)C3)c2oc(nc2Cl)-c2nc(oc24)[C@H](C(C)C)NC1=O. The van der Waals surface area contributed by atoms with Crippen molar-refractivity contribution in [3.63, 3.8) is 0 Å². The number of aliphatic hydroxyl groups excluding tert-OH is 1. The van der Waals surface area contributed by atoms with Gasteiger partial charge in [-0.25, -0.2) is 4.98 Å². The summed E-state index contributed by atoms with van der Waals surface area (Å²) in [5, 5.41) is 21.4. The summed E-state index contributed by atoms with van der Waals surface area (Å²) in [6.45, 7) is 7.34. The van der Waals surface area contributed by atoms with Gasteiger partial charge in [0.2, 0.25) is 17.7 Å². The fourth-order valence-electron chi connectivity index (χ4n) is 8.78. The minimum absolute atomic E-state index is 0.0958. The number of nitrogens with zero attached hydrogens (tertiary/aromatic N) is 2. The number of fused-ring (bicyclic) bond motifs is 7. The van der Waals surface area contributed by atoms with Crippen molar-refractivity contribution in [1.82, 2.24) is 20.6 Å². The van der Waals surface area contributed by atoms with E-state index in [9.17, 15) is 14.7 Å². The van der Waals surface area contributed by atoms with Crippen molar-refractivity contribution >= 4 is 57.9 Å². The topological polar surface area (TPSA) is 152 Å². The number of aliphatic hydroxyl groups is 1. The molecule has 11 nitrogen and oxygen atoms in total. The summed E-state index contributed by atoms with van der Waals surface area (Å²) < 4.78 is 20.4. The van der Waals surface area contributed by atoms with Crippen molar-refractivity contribution in [2.24, 2.45) is 11.8 Å². The van der Waals surface area contributed by atoms with E-state index in [0.29, 0.717) is 39.3 Å². The van der Waals surface area contributed by atoms with Crippen LogP contribution in [0, 0.1) is 11.8 Å². The minimum Gasteiger partial charge on any atom is -0.469 e. The highest BCUT2D eigenvalue weighted by Gasteiger charge is 2.62. The van der Waals surface area contributed by atoms with Crippen LogP contribution in [0.15, 0.2) is 62.4 Å². The highest BCUT2D eigenvalue weighted by atomic mass is 35.5. The number of ether oxygens (including phenoxy) is 1. The first-order valence-corrected chi connectivity index (χ1v) is 19.4. The monoisotopic (exact) mass is 797 g/mol. The van der Waals surface area contributed by atoms with Crippen LogP contribution in [0.3, 0.4) is 0 Å². The lowest BCUT2D eigenvalue weighted by Crippen LogP contribution is -2.52. The highest BCUT2D eigenvalue weighted by Crippen LogP contribution is 2.62. The van der Waals surface area contributed by atoms with E-state index in [2.05, 4.69) is 16.0 Å². The van der Waals surface area contributed by atoms with E-state index < -0.39 is 41.6 Å². The Bertz CT molecular complexity index is 2560. The number of allylic oxidation sites excluding steroid dienone is 1. The third-order valence-electron chi connectivity index (χ3n) is 11.4. The van der Waals surface area contributed by atoms with E-state index in [1.807, 2.05) is 62.4 Å². The van der Waals surface area contributed by atoms with Crippen molar-refractivity contribution in [2.75, 3.05) is 5.32 Å². The van der Waals surface area contributed by atoms with Crippen molar-refractivity contribution in [3.8, 4) is 28.5 Å². The smallest absolute Gasteiger partial charge is 0.250 e. The van der Waals surface area contributed by atoms with Crippen molar-refractivity contribution in [3.05, 3.63) is 109 Å². The zero-order valence-corrected chi connectivity index (χ0v) is 32.3. The molecule has 5 atom stereocenters. The number of halogens is 3. The standard InChI is InChI=1S/C41H34Cl3N5O6/c1-15(2)29-38-47-31-34(55-38)41-22-10-17(11-25(36(51)46-29)45-37(52)32(50)16(3)4)8-9-26(22)53-40(41)48-30-21(13-19(42)14-23(30)41)20-7-5-6-18-12-24(43)28(27(18)20)33-35(44)49-39(31)54-33/h5-10,13-16,25,29,32,40,48,50H,11-12H2,1-4H3,(H,45,52)(H,46,51)/t25?,29-,32-,40-,41?/m0/s1. The second-order valence-corrected chi connectivity index (χ2v) is 16.8. The van der Waals surface area contributed by atoms with E-state index >= 15 is 0 Å². The third-order valence-corrected chi connectivity index (χ3v) is 12.2. The summed E-state index contributed by atoms with van der Waals surface area (Å²) in [6, 6.07) is 13.7. The summed E-state index contributed by atoms with van der Waals surface area (Å²) in [7, 11) is 0. The molecule has 4 aliphatic heterocycles. The van der Waals surface area contributed by atoms with Crippen LogP contribution in [0.2, 0.25) is 10.2 Å². The van der Waals surface area contributed by atoms with Gasteiger partial charge in [-0.15, -0.1) is 0 Å². The normalized spacial score (nSPS) is 23.0. The van der Waals surface area contributed by atoms with Gasteiger partial charge in [-0.2, -0.15) is 4.98 Å². The van der Waals surface area contributed by atoms with Crippen molar-refractivity contribution in [1.29, 1.82) is 0 Å². The van der Waals surface area contributed by atoms with Gasteiger partial charge in [0.15, 0.2) is 28.6 Å². The Kier molecular flexibility index (Phi) is 7.62. The molecule has 4 N–H and O–H groups in total. The Morgan fingerprint density at radius 2 is 1.82 bits per heavy atom. The lowest BCUT2D eigenvalue weighted by Gasteiger charge is -2.29. The van der Waals surface area contributed by atoms with E-state index in [1.54, 1.807) is 13.8 Å². The van der Waals surface area contributed by atoms with E-state index in [1.165, 1.54) is 0 Å². The van der Waals surface area contributed by atoms with Crippen LogP contribution in [0.1, 0.15) is 79.0 Å². The summed E-state index contributed by atoms with van der Waals surface area (Å²) >= 11 is 21.1. The highest BCUT2D eigenvalue weighted by molar-refractivity contribution is 6.37. The number of carbonyl (C=O) groups is 2. The van der Waals surface area contributed by atoms with Gasteiger partial charge in [0, 0.05) is 50.8 Å².